The molecule has 0 aliphatic carbocycles. The maximum atomic E-state index is 13.8. The topological polar surface area (TPSA) is 54.0 Å². The molecule has 0 spiro atoms. The van der Waals surface area contributed by atoms with Gasteiger partial charge in [-0.2, -0.15) is 0 Å². The van der Waals surface area contributed by atoms with Crippen LogP contribution in [0.3, 0.4) is 0 Å². The molecule has 0 saturated heterocycles. The molecule has 1 heterocycles. The fraction of sp³-hybridized carbons (Fsp3) is 0.286. The monoisotopic (exact) mass is 293 g/mol. The smallest absolute Gasteiger partial charge is 0.259 e. The zero-order valence-corrected chi connectivity index (χ0v) is 12.2. The number of anilines is 2. The van der Waals surface area contributed by atoms with Crippen LogP contribution in [0.25, 0.3) is 0 Å². The summed E-state index contributed by atoms with van der Waals surface area (Å²) in [6.07, 6.45) is 0.848. The standard InChI is InChI=1S/C14H16FN3OS/c1-3-7-16-12-10(5-4-6-11(12)15)13(19)18-14-17-9(2)8-20-14/h4-6,8,16H,3,7H2,1-2H3,(H,17,18,19). The van der Waals surface area contributed by atoms with E-state index in [2.05, 4.69) is 15.6 Å². The number of halogens is 1. The minimum absolute atomic E-state index is 0.236. The Morgan fingerprint density at radius 3 is 2.90 bits per heavy atom. The molecule has 0 saturated carbocycles. The maximum Gasteiger partial charge on any atom is 0.259 e. The Balaban J connectivity index is 2.22. The number of thiazole rings is 1. The second-order valence-corrected chi connectivity index (χ2v) is 5.20. The van der Waals surface area contributed by atoms with Crippen molar-refractivity contribution in [1.82, 2.24) is 4.98 Å². The highest BCUT2D eigenvalue weighted by molar-refractivity contribution is 7.13. The van der Waals surface area contributed by atoms with Crippen molar-refractivity contribution in [1.29, 1.82) is 0 Å². The highest BCUT2D eigenvalue weighted by Gasteiger charge is 2.15. The third-order valence-corrected chi connectivity index (χ3v) is 3.53. The third-order valence-electron chi connectivity index (χ3n) is 2.65. The third kappa shape index (κ3) is 3.33. The number of nitrogens with one attached hydrogen (secondary N) is 2. The van der Waals surface area contributed by atoms with Crippen LogP contribution in [0.1, 0.15) is 29.4 Å². The van der Waals surface area contributed by atoms with Gasteiger partial charge in [-0.3, -0.25) is 10.1 Å². The Kier molecular flexibility index (Phi) is 4.68. The van der Waals surface area contributed by atoms with Crippen molar-refractivity contribution in [3.05, 3.63) is 40.7 Å². The van der Waals surface area contributed by atoms with Gasteiger partial charge >= 0.3 is 0 Å². The van der Waals surface area contributed by atoms with Gasteiger partial charge in [-0.15, -0.1) is 11.3 Å². The lowest BCUT2D eigenvalue weighted by Gasteiger charge is -2.11. The number of aromatic nitrogens is 1. The SMILES string of the molecule is CCCNc1c(F)cccc1C(=O)Nc1nc(C)cs1. The second-order valence-electron chi connectivity index (χ2n) is 4.34. The van der Waals surface area contributed by atoms with Gasteiger partial charge in [0.15, 0.2) is 5.13 Å². The van der Waals surface area contributed by atoms with Gasteiger partial charge < -0.3 is 5.32 Å². The molecule has 1 aromatic heterocycles. The Hall–Kier alpha value is -1.95. The number of rotatable bonds is 5. The summed E-state index contributed by atoms with van der Waals surface area (Å²) in [4.78, 5) is 16.4. The number of carbonyl (C=O) groups excluding carboxylic acids is 1. The van der Waals surface area contributed by atoms with Crippen molar-refractivity contribution in [2.24, 2.45) is 0 Å². The van der Waals surface area contributed by atoms with Crippen LogP contribution >= 0.6 is 11.3 Å². The van der Waals surface area contributed by atoms with Crippen LogP contribution in [0, 0.1) is 12.7 Å². The zero-order chi connectivity index (χ0) is 14.5. The first kappa shape index (κ1) is 14.5. The zero-order valence-electron chi connectivity index (χ0n) is 11.4. The van der Waals surface area contributed by atoms with E-state index in [4.69, 9.17) is 0 Å². The van der Waals surface area contributed by atoms with Crippen LogP contribution in [-0.4, -0.2) is 17.4 Å². The quantitative estimate of drug-likeness (QED) is 0.884. The lowest BCUT2D eigenvalue weighted by atomic mass is 10.1. The predicted octanol–water partition coefficient (Wildman–Crippen LogP) is 3.66. The van der Waals surface area contributed by atoms with E-state index in [1.807, 2.05) is 19.2 Å². The molecule has 1 aromatic carbocycles. The van der Waals surface area contributed by atoms with Gasteiger partial charge in [0, 0.05) is 11.9 Å². The number of benzene rings is 1. The minimum Gasteiger partial charge on any atom is -0.382 e. The molecule has 0 fully saturated rings. The van der Waals surface area contributed by atoms with Crippen LogP contribution < -0.4 is 10.6 Å². The predicted molar refractivity (Wildman–Crippen MR) is 80.0 cm³/mol. The second kappa shape index (κ2) is 6.47. The van der Waals surface area contributed by atoms with Crippen LogP contribution in [0.2, 0.25) is 0 Å². The van der Waals surface area contributed by atoms with E-state index in [0.717, 1.165) is 12.1 Å². The average Bonchev–Trinajstić information content (AvgIpc) is 2.82. The molecule has 0 aliphatic heterocycles. The molecular weight excluding hydrogens is 277 g/mol. The molecule has 4 nitrogen and oxygen atoms in total. The molecular formula is C14H16FN3OS. The number of nitrogens with zero attached hydrogens (tertiary/aromatic N) is 1. The number of amides is 1. The van der Waals surface area contributed by atoms with E-state index in [9.17, 15) is 9.18 Å². The van der Waals surface area contributed by atoms with Crippen molar-refractivity contribution >= 4 is 28.1 Å². The fourth-order valence-electron chi connectivity index (χ4n) is 1.72. The molecule has 0 aliphatic rings. The molecule has 1 amide bonds. The van der Waals surface area contributed by atoms with E-state index < -0.39 is 5.82 Å². The summed E-state index contributed by atoms with van der Waals surface area (Å²) in [6.45, 7) is 4.44. The van der Waals surface area contributed by atoms with Crippen molar-refractivity contribution in [3.63, 3.8) is 0 Å². The number of hydrogen-bond donors (Lipinski definition) is 2. The number of aryl methyl sites for hydroxylation is 1. The molecule has 2 N–H and O–H groups in total. The molecule has 0 unspecified atom stereocenters. The number of para-hydroxylation sites is 1. The van der Waals surface area contributed by atoms with Crippen LogP contribution in [-0.2, 0) is 0 Å². The highest BCUT2D eigenvalue weighted by Crippen LogP contribution is 2.22. The summed E-state index contributed by atoms with van der Waals surface area (Å²) in [5, 5.41) is 7.99. The summed E-state index contributed by atoms with van der Waals surface area (Å²) in [5.74, 6) is -0.793. The summed E-state index contributed by atoms with van der Waals surface area (Å²) in [5.41, 5.74) is 1.36. The maximum absolute atomic E-state index is 13.8. The first-order valence-electron chi connectivity index (χ1n) is 6.37. The van der Waals surface area contributed by atoms with Gasteiger partial charge in [0.2, 0.25) is 0 Å². The Bertz CT molecular complexity index is 612. The van der Waals surface area contributed by atoms with Crippen LogP contribution in [0.5, 0.6) is 0 Å². The minimum atomic E-state index is -0.429. The summed E-state index contributed by atoms with van der Waals surface area (Å²) < 4.78 is 13.8. The molecule has 106 valence electrons. The molecule has 6 heteroatoms. The van der Waals surface area contributed by atoms with Crippen molar-refractivity contribution in [2.75, 3.05) is 17.2 Å². The van der Waals surface area contributed by atoms with Gasteiger partial charge in [-0.05, 0) is 25.5 Å². The highest BCUT2D eigenvalue weighted by atomic mass is 32.1. The summed E-state index contributed by atoms with van der Waals surface area (Å²) in [7, 11) is 0. The Morgan fingerprint density at radius 2 is 2.25 bits per heavy atom. The van der Waals surface area contributed by atoms with Gasteiger partial charge in [0.25, 0.3) is 5.91 Å². The van der Waals surface area contributed by atoms with E-state index >= 15 is 0 Å². The van der Waals surface area contributed by atoms with Crippen molar-refractivity contribution < 1.29 is 9.18 Å². The van der Waals surface area contributed by atoms with E-state index in [-0.39, 0.29) is 17.2 Å². The van der Waals surface area contributed by atoms with Gasteiger partial charge in [-0.25, -0.2) is 9.37 Å². The summed E-state index contributed by atoms with van der Waals surface area (Å²) >= 11 is 1.34. The Labute approximate surface area is 121 Å². The van der Waals surface area contributed by atoms with E-state index in [1.165, 1.54) is 23.5 Å². The molecule has 0 atom stereocenters. The lowest BCUT2D eigenvalue weighted by molar-refractivity contribution is 0.102. The first-order valence-corrected chi connectivity index (χ1v) is 7.25. The number of carbonyl (C=O) groups is 1. The molecule has 2 aromatic rings. The van der Waals surface area contributed by atoms with Crippen LogP contribution in [0.4, 0.5) is 15.2 Å². The van der Waals surface area contributed by atoms with Crippen molar-refractivity contribution in [2.45, 2.75) is 20.3 Å². The number of hydrogen-bond acceptors (Lipinski definition) is 4. The van der Waals surface area contributed by atoms with Crippen LogP contribution in [0.15, 0.2) is 23.6 Å². The lowest BCUT2D eigenvalue weighted by Crippen LogP contribution is -2.16. The van der Waals surface area contributed by atoms with E-state index in [0.29, 0.717) is 11.7 Å². The normalized spacial score (nSPS) is 10.3. The first-order chi connectivity index (χ1) is 9.61. The fourth-order valence-corrected chi connectivity index (χ4v) is 2.40. The average molecular weight is 293 g/mol. The summed E-state index contributed by atoms with van der Waals surface area (Å²) in [6, 6.07) is 4.45. The van der Waals surface area contributed by atoms with Gasteiger partial charge in [0.1, 0.15) is 5.82 Å². The molecule has 0 bridgehead atoms. The molecule has 20 heavy (non-hydrogen) atoms. The van der Waals surface area contributed by atoms with E-state index in [1.54, 1.807) is 6.07 Å². The van der Waals surface area contributed by atoms with Gasteiger partial charge in [0.05, 0.1) is 16.9 Å². The van der Waals surface area contributed by atoms with Crippen molar-refractivity contribution in [3.8, 4) is 0 Å². The molecule has 0 radical (unpaired) electrons. The molecule has 2 rings (SSSR count). The largest absolute Gasteiger partial charge is 0.382 e. The Morgan fingerprint density at radius 1 is 1.45 bits per heavy atom. The van der Waals surface area contributed by atoms with Gasteiger partial charge in [-0.1, -0.05) is 13.0 Å².